The summed E-state index contributed by atoms with van der Waals surface area (Å²) in [6.07, 6.45) is 0. The molecule has 0 saturated carbocycles. The summed E-state index contributed by atoms with van der Waals surface area (Å²) in [6, 6.07) is 3.09. The Morgan fingerprint density at radius 2 is 2.06 bits per heavy atom. The number of rotatable bonds is 4. The van der Waals surface area contributed by atoms with Gasteiger partial charge in [-0.25, -0.2) is 17.6 Å². The number of carboxylic acids is 1. The molecule has 0 aliphatic heterocycles. The third-order valence-corrected chi connectivity index (χ3v) is 4.37. The summed E-state index contributed by atoms with van der Waals surface area (Å²) >= 11 is 0. The van der Waals surface area contributed by atoms with Crippen LogP contribution in [0.15, 0.2) is 23.1 Å². The Hall–Kier alpha value is -1.47. The molecule has 0 aliphatic rings. The van der Waals surface area contributed by atoms with Gasteiger partial charge >= 0.3 is 5.97 Å². The van der Waals surface area contributed by atoms with Gasteiger partial charge < -0.3 is 5.11 Å². The first-order valence-corrected chi connectivity index (χ1v) is 6.25. The average Bonchev–Trinajstić information content (AvgIpc) is 2.16. The Labute approximate surface area is 98.2 Å². The summed E-state index contributed by atoms with van der Waals surface area (Å²) in [5, 5.41) is 9.26. The van der Waals surface area contributed by atoms with Crippen molar-refractivity contribution >= 4 is 15.8 Å². The van der Waals surface area contributed by atoms with Gasteiger partial charge in [0.25, 0.3) is 0 Å². The first-order valence-electron chi connectivity index (χ1n) is 4.71. The molecule has 0 radical (unpaired) electrons. The van der Waals surface area contributed by atoms with Gasteiger partial charge in [-0.3, -0.25) is 5.32 Å². The minimum Gasteiger partial charge on any atom is -0.479 e. The topological polar surface area (TPSA) is 83.5 Å². The smallest absolute Gasteiger partial charge is 0.336 e. The third-order valence-electron chi connectivity index (χ3n) is 2.24. The molecule has 5 nitrogen and oxygen atoms in total. The van der Waals surface area contributed by atoms with Gasteiger partial charge in [0, 0.05) is 0 Å². The van der Waals surface area contributed by atoms with E-state index in [9.17, 15) is 17.6 Å². The molecule has 7 heteroatoms. The number of halogens is 1. The zero-order chi connectivity index (χ0) is 13.2. The molecule has 1 rings (SSSR count). The van der Waals surface area contributed by atoms with Crippen LogP contribution in [0.4, 0.5) is 4.39 Å². The predicted molar refractivity (Wildman–Crippen MR) is 58.8 cm³/mol. The van der Waals surface area contributed by atoms with Gasteiger partial charge in [0.15, 0.2) is 0 Å². The fourth-order valence-electron chi connectivity index (χ4n) is 1.47. The van der Waals surface area contributed by atoms with Gasteiger partial charge in [-0.1, -0.05) is 0 Å². The molecule has 0 aliphatic carbocycles. The lowest BCUT2D eigenvalue weighted by Crippen LogP contribution is -2.41. The zero-order valence-electron chi connectivity index (χ0n) is 9.27. The molecule has 1 aromatic carbocycles. The van der Waals surface area contributed by atoms with Crippen molar-refractivity contribution in [3.8, 4) is 0 Å². The third kappa shape index (κ3) is 2.62. The average molecular weight is 261 g/mol. The van der Waals surface area contributed by atoms with Crippen LogP contribution < -0.4 is 5.32 Å². The summed E-state index contributed by atoms with van der Waals surface area (Å²) < 4.78 is 36.8. The molecule has 1 atom stereocenters. The fraction of sp³-hybridized carbons (Fsp3) is 0.300. The second-order valence-corrected chi connectivity index (χ2v) is 5.46. The van der Waals surface area contributed by atoms with E-state index in [-0.39, 0.29) is 10.5 Å². The number of benzene rings is 1. The molecule has 0 aromatic heterocycles. The summed E-state index contributed by atoms with van der Waals surface area (Å²) in [5.74, 6) is -2.07. The van der Waals surface area contributed by atoms with Crippen molar-refractivity contribution in [2.75, 3.05) is 7.05 Å². The van der Waals surface area contributed by atoms with Crippen LogP contribution in [0.2, 0.25) is 0 Å². The normalized spacial score (nSPS) is 13.4. The molecule has 0 fully saturated rings. The van der Waals surface area contributed by atoms with E-state index in [1.54, 1.807) is 0 Å². The fourth-order valence-corrected chi connectivity index (χ4v) is 3.07. The molecular formula is C10H12FNO4S. The Morgan fingerprint density at radius 3 is 2.47 bits per heavy atom. The van der Waals surface area contributed by atoms with Crippen molar-refractivity contribution in [3.05, 3.63) is 29.6 Å². The van der Waals surface area contributed by atoms with Crippen LogP contribution in [0.5, 0.6) is 0 Å². The molecule has 1 unspecified atom stereocenters. The van der Waals surface area contributed by atoms with Gasteiger partial charge in [-0.15, -0.1) is 0 Å². The molecule has 0 amide bonds. The number of sulfone groups is 1. The SMILES string of the molecule is CNC(C(=O)O)S(=O)(=O)c1ccc(F)cc1C. The van der Waals surface area contributed by atoms with Crippen molar-refractivity contribution < 1.29 is 22.7 Å². The lowest BCUT2D eigenvalue weighted by molar-refractivity contribution is -0.137. The highest BCUT2D eigenvalue weighted by atomic mass is 32.2. The minimum atomic E-state index is -4.08. The summed E-state index contributed by atoms with van der Waals surface area (Å²) in [7, 11) is -2.84. The van der Waals surface area contributed by atoms with E-state index < -0.39 is 27.0 Å². The van der Waals surface area contributed by atoms with E-state index in [0.29, 0.717) is 0 Å². The second-order valence-electron chi connectivity index (χ2n) is 3.46. The van der Waals surface area contributed by atoms with Crippen molar-refractivity contribution in [2.45, 2.75) is 17.2 Å². The molecule has 2 N–H and O–H groups in total. The van der Waals surface area contributed by atoms with E-state index >= 15 is 0 Å². The Bertz CT molecular complexity index is 541. The molecule has 0 heterocycles. The first kappa shape index (κ1) is 13.6. The van der Waals surface area contributed by atoms with Gasteiger partial charge in [-0.2, -0.15) is 0 Å². The van der Waals surface area contributed by atoms with E-state index in [4.69, 9.17) is 5.11 Å². The molecule has 0 bridgehead atoms. The van der Waals surface area contributed by atoms with Crippen LogP contribution >= 0.6 is 0 Å². The van der Waals surface area contributed by atoms with Crippen molar-refractivity contribution in [1.82, 2.24) is 5.32 Å². The maximum atomic E-state index is 12.9. The molecule has 0 spiro atoms. The zero-order valence-corrected chi connectivity index (χ0v) is 10.1. The van der Waals surface area contributed by atoms with Crippen molar-refractivity contribution in [2.24, 2.45) is 0 Å². The van der Waals surface area contributed by atoms with Crippen LogP contribution in [0.25, 0.3) is 0 Å². The summed E-state index contributed by atoms with van der Waals surface area (Å²) in [5.41, 5.74) is 0.173. The monoisotopic (exact) mass is 261 g/mol. The Balaban J connectivity index is 3.35. The van der Waals surface area contributed by atoms with Gasteiger partial charge in [-0.05, 0) is 37.7 Å². The van der Waals surface area contributed by atoms with Gasteiger partial charge in [0.05, 0.1) is 4.90 Å². The molecule has 17 heavy (non-hydrogen) atoms. The van der Waals surface area contributed by atoms with Crippen LogP contribution in [0, 0.1) is 12.7 Å². The van der Waals surface area contributed by atoms with Gasteiger partial charge in [0.1, 0.15) is 5.82 Å². The van der Waals surface area contributed by atoms with Gasteiger partial charge in [0.2, 0.25) is 15.2 Å². The number of aryl methyl sites for hydroxylation is 1. The Morgan fingerprint density at radius 1 is 1.47 bits per heavy atom. The number of aliphatic carboxylic acids is 1. The number of carbonyl (C=O) groups is 1. The van der Waals surface area contributed by atoms with E-state index in [2.05, 4.69) is 5.32 Å². The van der Waals surface area contributed by atoms with E-state index in [0.717, 1.165) is 18.2 Å². The van der Waals surface area contributed by atoms with Crippen LogP contribution in [0.1, 0.15) is 5.56 Å². The number of carboxylic acid groups (broad SMARTS) is 1. The standard InChI is InChI=1S/C10H12FNO4S/c1-6-5-7(11)3-4-8(6)17(15,16)9(12-2)10(13)14/h3-5,9,12H,1-2H3,(H,13,14). The highest BCUT2D eigenvalue weighted by molar-refractivity contribution is 7.92. The largest absolute Gasteiger partial charge is 0.479 e. The maximum Gasteiger partial charge on any atom is 0.336 e. The van der Waals surface area contributed by atoms with Crippen molar-refractivity contribution in [3.63, 3.8) is 0 Å². The molecule has 0 saturated heterocycles. The quantitative estimate of drug-likeness (QED) is 0.773. The van der Waals surface area contributed by atoms with Crippen LogP contribution in [-0.4, -0.2) is 31.9 Å². The Kier molecular flexibility index (Phi) is 3.84. The lowest BCUT2D eigenvalue weighted by atomic mass is 10.2. The minimum absolute atomic E-state index is 0.173. The van der Waals surface area contributed by atoms with Crippen LogP contribution in [-0.2, 0) is 14.6 Å². The van der Waals surface area contributed by atoms with E-state index in [1.165, 1.54) is 14.0 Å². The highest BCUT2D eigenvalue weighted by Gasteiger charge is 2.33. The van der Waals surface area contributed by atoms with E-state index in [1.807, 2.05) is 0 Å². The molecular weight excluding hydrogens is 249 g/mol. The number of hydrogen-bond acceptors (Lipinski definition) is 4. The molecule has 94 valence electrons. The number of hydrogen-bond donors (Lipinski definition) is 2. The van der Waals surface area contributed by atoms with Crippen molar-refractivity contribution in [1.29, 1.82) is 0 Å². The number of nitrogens with one attached hydrogen (secondary N) is 1. The summed E-state index contributed by atoms with van der Waals surface area (Å²) in [4.78, 5) is 10.6. The predicted octanol–water partition coefficient (Wildman–Crippen LogP) is 0.538. The van der Waals surface area contributed by atoms with Crippen LogP contribution in [0.3, 0.4) is 0 Å². The second kappa shape index (κ2) is 4.80. The maximum absolute atomic E-state index is 12.9. The molecule has 1 aromatic rings. The highest BCUT2D eigenvalue weighted by Crippen LogP contribution is 2.20. The number of likely N-dealkylation sites (N-methyl/N-ethyl adjacent to an activating group) is 1. The summed E-state index contributed by atoms with van der Waals surface area (Å²) in [6.45, 7) is 1.41. The lowest BCUT2D eigenvalue weighted by Gasteiger charge is -2.14. The first-order chi connectivity index (χ1) is 7.80.